The molecule has 0 aliphatic carbocycles. The van der Waals surface area contributed by atoms with Gasteiger partial charge in [0.05, 0.1) is 0 Å². The second-order valence-electron chi connectivity index (χ2n) is 13.3. The fraction of sp³-hybridized carbons (Fsp3) is 0.175. The molecule has 0 N–H and O–H groups in total. The number of imidazole rings is 2. The summed E-state index contributed by atoms with van der Waals surface area (Å²) in [4.78, 5) is 25.7. The maximum absolute atomic E-state index is 12.4. The van der Waals surface area contributed by atoms with Gasteiger partial charge in [-0.15, -0.1) is 26.3 Å². The summed E-state index contributed by atoms with van der Waals surface area (Å²) in [5.74, 6) is 1.24. The fourth-order valence-electron chi connectivity index (χ4n) is 5.83. The third-order valence-electron chi connectivity index (χ3n) is 8.69. The van der Waals surface area contributed by atoms with Crippen molar-refractivity contribution in [2.45, 2.75) is 25.2 Å². The number of hydrogen-bond acceptors (Lipinski definition) is 15. The monoisotopic (exact) mass is 976 g/mol. The predicted octanol–water partition coefficient (Wildman–Crippen LogP) is 10.5. The molecule has 0 aliphatic rings. The van der Waals surface area contributed by atoms with Crippen LogP contribution in [0.2, 0.25) is 10.3 Å². The minimum atomic E-state index is -4.78. The Morgan fingerprint density at radius 2 is 1.22 bits per heavy atom. The van der Waals surface area contributed by atoms with Crippen molar-refractivity contribution in [1.29, 1.82) is 0 Å². The van der Waals surface area contributed by atoms with Gasteiger partial charge in [0.2, 0.25) is 16.0 Å². The number of rotatable bonds is 11. The van der Waals surface area contributed by atoms with Crippen molar-refractivity contribution < 1.29 is 49.6 Å². The third kappa shape index (κ3) is 12.4. The molecule has 0 bridgehead atoms. The Bertz CT molecular complexity index is 2910. The maximum Gasteiger partial charge on any atom is 0.573 e. The van der Waals surface area contributed by atoms with Crippen LogP contribution in [-0.4, -0.2) is 72.7 Å². The summed E-state index contributed by atoms with van der Waals surface area (Å²) in [6.45, 7) is 0. The highest BCUT2D eigenvalue weighted by Gasteiger charge is 2.32. The quantitative estimate of drug-likeness (QED) is 0.0682. The predicted molar refractivity (Wildman–Crippen MR) is 228 cm³/mol. The van der Waals surface area contributed by atoms with E-state index in [0.29, 0.717) is 49.9 Å². The smallest absolute Gasteiger partial charge is 0.462 e. The molecule has 0 radical (unpaired) electrons. The topological polar surface area (TPSA) is 167 Å². The van der Waals surface area contributed by atoms with Gasteiger partial charge in [-0.05, 0) is 96.8 Å². The molecule has 1 unspecified atom stereocenters. The van der Waals surface area contributed by atoms with Gasteiger partial charge >= 0.3 is 12.7 Å². The molecular formula is C40H28Cl2F6N10O5S2. The summed E-state index contributed by atoms with van der Waals surface area (Å²) < 4.78 is 102. The molecule has 6 aromatic heterocycles. The van der Waals surface area contributed by atoms with E-state index in [1.807, 2.05) is 17.7 Å². The van der Waals surface area contributed by atoms with E-state index >= 15 is 0 Å². The summed E-state index contributed by atoms with van der Waals surface area (Å²) >= 11 is 18.5. The summed E-state index contributed by atoms with van der Waals surface area (Å²) in [5.41, 5.74) is 3.38. The molecule has 0 saturated heterocycles. The van der Waals surface area contributed by atoms with E-state index in [0.717, 1.165) is 23.5 Å². The minimum Gasteiger partial charge on any atom is -0.462 e. The van der Waals surface area contributed by atoms with Crippen molar-refractivity contribution in [2.24, 2.45) is 14.1 Å². The average Bonchev–Trinajstić information content (AvgIpc) is 4.08. The SMILES string of the molecule is CSC(=S)OC(c1ccnc(Cl)c1)c1nc(-c2nc(-c3ccc(OC(F)(F)F)cc3)no2)cn1C.Cn1cc(-c2nc(-c3ccc(OC(F)(F)F)cc3)no2)nc1Cc1ccnc(Cl)c1. The van der Waals surface area contributed by atoms with Crippen LogP contribution >= 0.6 is 47.2 Å². The van der Waals surface area contributed by atoms with Gasteiger partial charge in [0.15, 0.2) is 11.9 Å². The van der Waals surface area contributed by atoms with E-state index in [4.69, 9.17) is 49.2 Å². The summed E-state index contributed by atoms with van der Waals surface area (Å²) in [6.07, 6.45) is -1.29. The van der Waals surface area contributed by atoms with Crippen LogP contribution < -0.4 is 9.47 Å². The molecule has 8 aromatic rings. The Labute approximate surface area is 382 Å². The summed E-state index contributed by atoms with van der Waals surface area (Å²) in [5, 5.41) is 8.46. The Morgan fingerprint density at radius 1 is 0.708 bits per heavy atom. The number of aromatic nitrogens is 10. The van der Waals surface area contributed by atoms with Crippen LogP contribution in [0, 0.1) is 0 Å². The average molecular weight is 978 g/mol. The zero-order valence-electron chi connectivity index (χ0n) is 33.4. The highest BCUT2D eigenvalue weighted by Crippen LogP contribution is 2.32. The van der Waals surface area contributed by atoms with Gasteiger partial charge in [0, 0.05) is 62.0 Å². The first-order valence-electron chi connectivity index (χ1n) is 18.3. The van der Waals surface area contributed by atoms with Gasteiger partial charge in [-0.25, -0.2) is 19.9 Å². The zero-order chi connectivity index (χ0) is 46.5. The number of benzene rings is 2. The van der Waals surface area contributed by atoms with Crippen molar-refractivity contribution >= 4 is 51.6 Å². The van der Waals surface area contributed by atoms with E-state index < -0.39 is 18.8 Å². The van der Waals surface area contributed by atoms with Crippen LogP contribution in [0.25, 0.3) is 45.9 Å². The van der Waals surface area contributed by atoms with E-state index in [1.54, 1.807) is 60.9 Å². The Kier molecular flexibility index (Phi) is 14.1. The number of alkyl halides is 6. The number of ether oxygens (including phenoxy) is 3. The van der Waals surface area contributed by atoms with Crippen molar-refractivity contribution in [2.75, 3.05) is 6.26 Å². The molecule has 0 spiro atoms. The molecule has 65 heavy (non-hydrogen) atoms. The normalized spacial score (nSPS) is 12.0. The molecule has 1 atom stereocenters. The molecule has 2 aromatic carbocycles. The number of aryl methyl sites for hydroxylation is 2. The molecule has 0 amide bonds. The lowest BCUT2D eigenvalue weighted by atomic mass is 10.1. The first-order valence-corrected chi connectivity index (χ1v) is 20.7. The highest BCUT2D eigenvalue weighted by atomic mass is 35.5. The van der Waals surface area contributed by atoms with Crippen molar-refractivity contribution in [3.63, 3.8) is 0 Å². The zero-order valence-corrected chi connectivity index (χ0v) is 36.5. The molecule has 0 saturated carbocycles. The van der Waals surface area contributed by atoms with E-state index in [9.17, 15) is 26.3 Å². The van der Waals surface area contributed by atoms with Crippen LogP contribution in [0.4, 0.5) is 26.3 Å². The lowest BCUT2D eigenvalue weighted by Gasteiger charge is -2.18. The summed E-state index contributed by atoms with van der Waals surface area (Å²) in [6, 6.07) is 17.3. The standard InChI is InChI=1S/C21H15ClF3N5O3S2.C19H13ClF3N5O2/c1-30-10-14(27-18(30)16(31-20(34)35-2)12-7-8-26-15(22)9-12)19-28-17(29-33-19)11-3-5-13(6-4-11)32-21(23,24)25;1-28-10-14(25-16(28)9-11-6-7-24-15(20)8-11)18-26-17(27-30-18)12-2-4-13(5-3-12)29-19(21,22)23/h3-10,16H,1-2H3;2-8,10H,9H2,1H3. The second kappa shape index (κ2) is 19.7. The van der Waals surface area contributed by atoms with Crippen molar-refractivity contribution in [3.8, 4) is 57.4 Å². The van der Waals surface area contributed by atoms with Crippen molar-refractivity contribution in [3.05, 3.63) is 131 Å². The number of pyridine rings is 2. The number of nitrogens with zero attached hydrogens (tertiary/aromatic N) is 10. The first-order chi connectivity index (χ1) is 30.9. The van der Waals surface area contributed by atoms with Gasteiger partial charge in [0.1, 0.15) is 39.0 Å². The molecule has 8 rings (SSSR count). The van der Waals surface area contributed by atoms with Gasteiger partial charge in [-0.2, -0.15) is 9.97 Å². The molecular weight excluding hydrogens is 950 g/mol. The summed E-state index contributed by atoms with van der Waals surface area (Å²) in [7, 11) is 3.61. The minimum absolute atomic E-state index is 0.108. The largest absolute Gasteiger partial charge is 0.573 e. The molecule has 6 heterocycles. The molecule has 0 aliphatic heterocycles. The maximum atomic E-state index is 12.4. The van der Waals surface area contributed by atoms with E-state index in [1.165, 1.54) is 48.2 Å². The molecule has 25 heteroatoms. The fourth-order valence-corrected chi connectivity index (χ4v) is 6.50. The first kappa shape index (κ1) is 46.4. The Hall–Kier alpha value is -6.56. The Morgan fingerprint density at radius 3 is 1.72 bits per heavy atom. The van der Waals surface area contributed by atoms with E-state index in [2.05, 4.69) is 49.7 Å². The number of thioether (sulfide) groups is 1. The van der Waals surface area contributed by atoms with Gasteiger partial charge in [-0.3, -0.25) is 0 Å². The van der Waals surface area contributed by atoms with Crippen molar-refractivity contribution in [1.82, 2.24) is 49.4 Å². The van der Waals surface area contributed by atoms with Gasteiger partial charge < -0.3 is 32.4 Å². The third-order valence-corrected chi connectivity index (χ3v) is 10.1. The number of hydrogen-bond donors (Lipinski definition) is 0. The Balaban J connectivity index is 0.000000196. The van der Waals surface area contributed by atoms with Crippen LogP contribution in [0.5, 0.6) is 11.5 Å². The van der Waals surface area contributed by atoms with Crippen LogP contribution in [-0.2, 0) is 25.3 Å². The molecule has 336 valence electrons. The molecule has 15 nitrogen and oxygen atoms in total. The molecule has 0 fully saturated rings. The van der Waals surface area contributed by atoms with Crippen LogP contribution in [0.15, 0.2) is 107 Å². The van der Waals surface area contributed by atoms with Gasteiger partial charge in [-0.1, -0.05) is 45.3 Å². The second-order valence-corrected chi connectivity index (χ2v) is 15.4. The number of thiocarbonyl (C=S) groups is 1. The lowest BCUT2D eigenvalue weighted by Crippen LogP contribution is -2.16. The lowest BCUT2D eigenvalue weighted by molar-refractivity contribution is -0.275. The highest BCUT2D eigenvalue weighted by molar-refractivity contribution is 8.22. The van der Waals surface area contributed by atoms with E-state index in [-0.39, 0.29) is 40.1 Å². The number of halogens is 8. The van der Waals surface area contributed by atoms with Crippen LogP contribution in [0.3, 0.4) is 0 Å². The van der Waals surface area contributed by atoms with Crippen LogP contribution in [0.1, 0.15) is 28.9 Å². The van der Waals surface area contributed by atoms with Gasteiger partial charge in [0.25, 0.3) is 11.8 Å².